The van der Waals surface area contributed by atoms with Crippen molar-refractivity contribution in [2.75, 3.05) is 5.88 Å². The largest absolute Gasteiger partial charge is 0.250 e. The smallest absolute Gasteiger partial charge is 0.211 e. The Hall–Kier alpha value is 0.820. The van der Waals surface area contributed by atoms with E-state index in [0.29, 0.717) is 0 Å². The average molecular weight is 197 g/mol. The molecule has 0 aliphatic carbocycles. The third kappa shape index (κ3) is 2.97. The lowest BCUT2D eigenvalue weighted by Gasteiger charge is -1.95. The van der Waals surface area contributed by atoms with Gasteiger partial charge in [-0.15, -0.1) is 23.2 Å². The molecule has 0 aliphatic rings. The third-order valence-electron chi connectivity index (χ3n) is 0.427. The fraction of sp³-hybridized carbons (Fsp3) is 1.00. The molecule has 0 fully saturated rings. The molecule has 0 aromatic rings. The first kappa shape index (κ1) is 8.82. The lowest BCUT2D eigenvalue weighted by atomic mass is 10.9. The predicted octanol–water partition coefficient (Wildman–Crippen LogP) is 1.36. The van der Waals surface area contributed by atoms with Crippen molar-refractivity contribution in [2.45, 2.75) is 4.71 Å². The molecular formula is C2H3Cl3O2S. The molecular weight excluding hydrogens is 194 g/mol. The molecule has 2 nitrogen and oxygen atoms in total. The van der Waals surface area contributed by atoms with Crippen LogP contribution in [0, 0.1) is 0 Å². The van der Waals surface area contributed by atoms with E-state index in [-0.39, 0.29) is 5.88 Å². The molecule has 0 saturated carbocycles. The first-order valence-corrected chi connectivity index (χ1v) is 4.96. The van der Waals surface area contributed by atoms with Crippen LogP contribution in [-0.4, -0.2) is 19.0 Å². The Bertz CT molecular complexity index is 151. The van der Waals surface area contributed by atoms with Crippen LogP contribution in [0.3, 0.4) is 0 Å². The molecule has 1 atom stereocenters. The van der Waals surface area contributed by atoms with Gasteiger partial charge in [-0.2, -0.15) is 0 Å². The van der Waals surface area contributed by atoms with Crippen LogP contribution < -0.4 is 0 Å². The fourth-order valence-corrected chi connectivity index (χ4v) is 1.11. The number of alkyl halides is 2. The molecule has 0 rings (SSSR count). The monoisotopic (exact) mass is 196 g/mol. The van der Waals surface area contributed by atoms with Crippen molar-refractivity contribution in [1.29, 1.82) is 0 Å². The van der Waals surface area contributed by atoms with Gasteiger partial charge in [0.1, 0.15) is 0 Å². The molecule has 8 heavy (non-hydrogen) atoms. The number of halogens is 3. The first-order valence-electron chi connectivity index (χ1n) is 1.62. The van der Waals surface area contributed by atoms with E-state index >= 15 is 0 Å². The zero-order valence-electron chi connectivity index (χ0n) is 3.64. The van der Waals surface area contributed by atoms with E-state index < -0.39 is 13.8 Å². The normalized spacial score (nSPS) is 15.9. The van der Waals surface area contributed by atoms with E-state index in [2.05, 4.69) is 0 Å². The standard InChI is InChI=1S/C2H3Cl3O2S/c3-1-2(4)8(5,6)7/h2H,1H2/t2-/m1/s1. The summed E-state index contributed by atoms with van der Waals surface area (Å²) in [5, 5.41) is 0. The molecule has 0 unspecified atom stereocenters. The molecule has 0 heterocycles. The second-order valence-electron chi connectivity index (χ2n) is 1.04. The minimum Gasteiger partial charge on any atom is -0.211 e. The zero-order valence-corrected chi connectivity index (χ0v) is 6.73. The molecule has 0 aromatic carbocycles. The van der Waals surface area contributed by atoms with Crippen molar-refractivity contribution in [2.24, 2.45) is 0 Å². The lowest BCUT2D eigenvalue weighted by Crippen LogP contribution is -2.09. The Labute approximate surface area is 62.1 Å². The SMILES string of the molecule is O=S(=O)(Cl)[C@@H](Cl)CCl. The first-order chi connectivity index (χ1) is 3.48. The van der Waals surface area contributed by atoms with Crippen molar-refractivity contribution >= 4 is 42.9 Å². The van der Waals surface area contributed by atoms with Crippen LogP contribution in [0.5, 0.6) is 0 Å². The summed E-state index contributed by atoms with van der Waals surface area (Å²) in [6.07, 6.45) is 0. The summed E-state index contributed by atoms with van der Waals surface area (Å²) in [6, 6.07) is 0. The summed E-state index contributed by atoms with van der Waals surface area (Å²) in [4.78, 5) is 0. The van der Waals surface area contributed by atoms with Crippen LogP contribution in [0.15, 0.2) is 0 Å². The van der Waals surface area contributed by atoms with Crippen LogP contribution in [0.25, 0.3) is 0 Å². The zero-order chi connectivity index (χ0) is 6.78. The quantitative estimate of drug-likeness (QED) is 0.495. The third-order valence-corrected chi connectivity index (χ3v) is 3.63. The topological polar surface area (TPSA) is 34.1 Å². The Kier molecular flexibility index (Phi) is 3.43. The highest BCUT2D eigenvalue weighted by atomic mass is 35.7. The van der Waals surface area contributed by atoms with E-state index in [1.807, 2.05) is 0 Å². The van der Waals surface area contributed by atoms with E-state index in [1.54, 1.807) is 0 Å². The maximum Gasteiger partial charge on any atom is 0.250 e. The molecule has 0 amide bonds. The van der Waals surface area contributed by atoms with Crippen LogP contribution in [0.4, 0.5) is 0 Å². The second-order valence-corrected chi connectivity index (χ2v) is 4.94. The number of hydrogen-bond donors (Lipinski definition) is 0. The van der Waals surface area contributed by atoms with Gasteiger partial charge < -0.3 is 0 Å². The highest BCUT2D eigenvalue weighted by molar-refractivity contribution is 8.15. The van der Waals surface area contributed by atoms with Crippen LogP contribution in [0.1, 0.15) is 0 Å². The Morgan fingerprint density at radius 1 is 1.50 bits per heavy atom. The van der Waals surface area contributed by atoms with Gasteiger partial charge in [-0.25, -0.2) is 8.42 Å². The van der Waals surface area contributed by atoms with Crippen molar-refractivity contribution in [3.63, 3.8) is 0 Å². The number of hydrogen-bond acceptors (Lipinski definition) is 2. The van der Waals surface area contributed by atoms with Gasteiger partial charge in [0, 0.05) is 10.7 Å². The van der Waals surface area contributed by atoms with Crippen molar-refractivity contribution in [3.05, 3.63) is 0 Å². The van der Waals surface area contributed by atoms with Gasteiger partial charge in [-0.1, -0.05) is 0 Å². The molecule has 0 bridgehead atoms. The van der Waals surface area contributed by atoms with Crippen molar-refractivity contribution in [3.8, 4) is 0 Å². The molecule has 0 radical (unpaired) electrons. The van der Waals surface area contributed by atoms with Gasteiger partial charge >= 0.3 is 0 Å². The van der Waals surface area contributed by atoms with Crippen molar-refractivity contribution < 1.29 is 8.42 Å². The summed E-state index contributed by atoms with van der Waals surface area (Å²) in [5.41, 5.74) is 0. The van der Waals surface area contributed by atoms with Gasteiger partial charge in [-0.3, -0.25) is 0 Å². The number of rotatable bonds is 2. The summed E-state index contributed by atoms with van der Waals surface area (Å²) >= 11 is 10.1. The van der Waals surface area contributed by atoms with Gasteiger partial charge in [-0.05, 0) is 0 Å². The van der Waals surface area contributed by atoms with Gasteiger partial charge in [0.25, 0.3) is 9.05 Å². The van der Waals surface area contributed by atoms with Gasteiger partial charge in [0.2, 0.25) is 0 Å². The predicted molar refractivity (Wildman–Crippen MR) is 35.1 cm³/mol. The Morgan fingerprint density at radius 2 is 1.88 bits per heavy atom. The maximum absolute atomic E-state index is 10.1. The molecule has 0 aliphatic heterocycles. The van der Waals surface area contributed by atoms with E-state index in [9.17, 15) is 8.42 Å². The van der Waals surface area contributed by atoms with Crippen LogP contribution >= 0.6 is 33.9 Å². The van der Waals surface area contributed by atoms with E-state index in [4.69, 9.17) is 33.9 Å². The second kappa shape index (κ2) is 3.11. The molecule has 0 saturated heterocycles. The summed E-state index contributed by atoms with van der Waals surface area (Å²) in [7, 11) is 1.09. The lowest BCUT2D eigenvalue weighted by molar-refractivity contribution is 0.608. The summed E-state index contributed by atoms with van der Waals surface area (Å²) < 4.78 is 19.0. The van der Waals surface area contributed by atoms with Crippen molar-refractivity contribution in [1.82, 2.24) is 0 Å². The average Bonchev–Trinajstić information content (AvgIpc) is 1.62. The summed E-state index contributed by atoms with van der Waals surface area (Å²) in [6.45, 7) is 0. The molecule has 0 aromatic heterocycles. The Balaban J connectivity index is 4.04. The van der Waals surface area contributed by atoms with E-state index in [1.165, 1.54) is 0 Å². The molecule has 0 spiro atoms. The van der Waals surface area contributed by atoms with E-state index in [0.717, 1.165) is 0 Å². The minimum atomic E-state index is -3.65. The molecule has 50 valence electrons. The Morgan fingerprint density at radius 3 is 1.88 bits per heavy atom. The minimum absolute atomic E-state index is 0.187. The van der Waals surface area contributed by atoms with Crippen LogP contribution in [-0.2, 0) is 9.05 Å². The fourth-order valence-electron chi connectivity index (χ4n) is 0.0752. The highest BCUT2D eigenvalue weighted by Crippen LogP contribution is 2.12. The van der Waals surface area contributed by atoms with Gasteiger partial charge in [0.15, 0.2) is 4.71 Å². The maximum atomic E-state index is 10.1. The molecule has 6 heteroatoms. The molecule has 0 N–H and O–H groups in total. The van der Waals surface area contributed by atoms with Gasteiger partial charge in [0.05, 0.1) is 5.88 Å². The summed E-state index contributed by atoms with van der Waals surface area (Å²) in [5.74, 6) is -0.187. The van der Waals surface area contributed by atoms with Crippen LogP contribution in [0.2, 0.25) is 0 Å². The highest BCUT2D eigenvalue weighted by Gasteiger charge is 2.17.